The van der Waals surface area contributed by atoms with Gasteiger partial charge in [0, 0.05) is 16.3 Å². The normalized spacial score (nSPS) is 22.0. The molecule has 2 aliphatic carbocycles. The molecule has 2 saturated carbocycles. The van der Waals surface area contributed by atoms with Crippen molar-refractivity contribution in [3.8, 4) is 0 Å². The van der Waals surface area contributed by atoms with Gasteiger partial charge >= 0.3 is 0 Å². The summed E-state index contributed by atoms with van der Waals surface area (Å²) in [5, 5.41) is 9.12. The second-order valence-corrected chi connectivity index (χ2v) is 8.46. The summed E-state index contributed by atoms with van der Waals surface area (Å²) in [7, 11) is 0. The van der Waals surface area contributed by atoms with Crippen LogP contribution in [0.25, 0.3) is 0 Å². The van der Waals surface area contributed by atoms with E-state index in [0.717, 1.165) is 22.1 Å². The van der Waals surface area contributed by atoms with Gasteiger partial charge in [-0.15, -0.1) is 11.3 Å². The second-order valence-electron chi connectivity index (χ2n) is 6.60. The van der Waals surface area contributed by atoms with Gasteiger partial charge in [-0.05, 0) is 49.6 Å². The Balaban J connectivity index is 1.45. The molecule has 1 amide bonds. The zero-order valence-electron chi connectivity index (χ0n) is 13.1. The van der Waals surface area contributed by atoms with Crippen molar-refractivity contribution in [3.05, 3.63) is 22.1 Å². The first kappa shape index (κ1) is 15.1. The zero-order chi connectivity index (χ0) is 15.9. The summed E-state index contributed by atoms with van der Waals surface area (Å²) in [6.45, 7) is 1.95. The van der Waals surface area contributed by atoms with Gasteiger partial charge in [0.05, 0.1) is 11.9 Å². The van der Waals surface area contributed by atoms with Crippen molar-refractivity contribution in [2.45, 2.75) is 51.5 Å². The average molecular weight is 348 g/mol. The lowest BCUT2D eigenvalue weighted by molar-refractivity contribution is 0.0579. The molecular weight excluding hydrogens is 328 g/mol. The van der Waals surface area contributed by atoms with Gasteiger partial charge in [0.25, 0.3) is 5.91 Å². The maximum absolute atomic E-state index is 12.6. The lowest BCUT2D eigenvalue weighted by Gasteiger charge is -2.47. The second kappa shape index (κ2) is 5.87. The molecule has 2 heterocycles. The van der Waals surface area contributed by atoms with Crippen molar-refractivity contribution in [2.75, 3.05) is 5.32 Å². The molecule has 23 heavy (non-hydrogen) atoms. The highest BCUT2D eigenvalue weighted by Crippen LogP contribution is 2.53. The molecular formula is C16H20N4OS2. The van der Waals surface area contributed by atoms with Crippen molar-refractivity contribution >= 4 is 39.6 Å². The van der Waals surface area contributed by atoms with Crippen molar-refractivity contribution in [1.82, 2.24) is 14.7 Å². The average Bonchev–Trinajstić information content (AvgIpc) is 3.25. The molecule has 2 fully saturated rings. The first-order valence-electron chi connectivity index (χ1n) is 8.11. The van der Waals surface area contributed by atoms with E-state index in [1.54, 1.807) is 6.20 Å². The van der Waals surface area contributed by atoms with Crippen molar-refractivity contribution in [2.24, 2.45) is 5.41 Å². The van der Waals surface area contributed by atoms with Crippen LogP contribution in [0.15, 0.2) is 11.6 Å². The van der Waals surface area contributed by atoms with Crippen LogP contribution in [0.1, 0.15) is 53.9 Å². The molecule has 0 bridgehead atoms. The Hall–Kier alpha value is -1.47. The fraction of sp³-hybridized carbons (Fsp3) is 0.562. The minimum Gasteiger partial charge on any atom is -0.347 e. The van der Waals surface area contributed by atoms with Gasteiger partial charge in [-0.1, -0.05) is 12.8 Å². The molecule has 4 rings (SSSR count). The van der Waals surface area contributed by atoms with Crippen LogP contribution in [-0.2, 0) is 0 Å². The number of carbonyl (C=O) groups excluding carboxylic acids is 1. The summed E-state index contributed by atoms with van der Waals surface area (Å²) < 4.78 is 4.06. The maximum Gasteiger partial charge on any atom is 0.271 e. The van der Waals surface area contributed by atoms with Crippen LogP contribution in [0.5, 0.6) is 0 Å². The smallest absolute Gasteiger partial charge is 0.271 e. The molecule has 2 N–H and O–H groups in total. The van der Waals surface area contributed by atoms with Gasteiger partial charge in [-0.3, -0.25) is 4.79 Å². The number of nitrogens with zero attached hydrogens (tertiary/aromatic N) is 2. The van der Waals surface area contributed by atoms with E-state index in [4.69, 9.17) is 0 Å². The van der Waals surface area contributed by atoms with Crippen molar-refractivity contribution < 1.29 is 4.79 Å². The Kier molecular flexibility index (Phi) is 3.85. The summed E-state index contributed by atoms with van der Waals surface area (Å²) in [4.78, 5) is 18.1. The summed E-state index contributed by atoms with van der Waals surface area (Å²) in [5.41, 5.74) is 1.86. The molecule has 5 nitrogen and oxygen atoms in total. The molecule has 1 atom stereocenters. The Bertz CT molecular complexity index is 704. The molecule has 0 saturated heterocycles. The Labute approximate surface area is 143 Å². The highest BCUT2D eigenvalue weighted by Gasteiger charge is 2.48. The highest BCUT2D eigenvalue weighted by molar-refractivity contribution is 7.16. The summed E-state index contributed by atoms with van der Waals surface area (Å²) >= 11 is 2.90. The predicted molar refractivity (Wildman–Crippen MR) is 93.6 cm³/mol. The topological polar surface area (TPSA) is 66.9 Å². The summed E-state index contributed by atoms with van der Waals surface area (Å²) in [5.74, 6) is -0.0220. The largest absolute Gasteiger partial charge is 0.347 e. The zero-order valence-corrected chi connectivity index (χ0v) is 14.7. The minimum atomic E-state index is -0.0220. The molecule has 2 aromatic rings. The van der Waals surface area contributed by atoms with Crippen molar-refractivity contribution in [3.63, 3.8) is 0 Å². The van der Waals surface area contributed by atoms with Gasteiger partial charge < -0.3 is 10.6 Å². The van der Waals surface area contributed by atoms with E-state index in [1.807, 2.05) is 12.3 Å². The van der Waals surface area contributed by atoms with Crippen LogP contribution >= 0.6 is 22.9 Å². The van der Waals surface area contributed by atoms with Crippen LogP contribution in [0.3, 0.4) is 0 Å². The fourth-order valence-corrected chi connectivity index (χ4v) is 5.18. The van der Waals surface area contributed by atoms with E-state index in [0.29, 0.717) is 17.2 Å². The van der Waals surface area contributed by atoms with Crippen LogP contribution in [-0.4, -0.2) is 21.3 Å². The number of aromatic nitrogens is 2. The Morgan fingerprint density at radius 1 is 1.35 bits per heavy atom. The molecule has 1 unspecified atom stereocenters. The standard InChI is InChI=1S/C16H20N4OS2/c1-10-13(20-15(23-10)18-11-8-17-22-9-11)14(21)19-12-4-7-16(12)5-2-3-6-16/h8-9,12H,2-7H2,1H3,(H,18,20)(H,19,21). The highest BCUT2D eigenvalue weighted by atomic mass is 32.1. The van der Waals surface area contributed by atoms with Crippen LogP contribution in [0.2, 0.25) is 0 Å². The van der Waals surface area contributed by atoms with Crippen molar-refractivity contribution in [1.29, 1.82) is 0 Å². The number of rotatable bonds is 4. The number of aryl methyl sites for hydroxylation is 1. The SMILES string of the molecule is Cc1sc(Nc2cnsc2)nc1C(=O)NC1CCC12CCCC2. The number of amides is 1. The quantitative estimate of drug-likeness (QED) is 0.873. The summed E-state index contributed by atoms with van der Waals surface area (Å²) in [6, 6.07) is 0.344. The molecule has 0 aliphatic heterocycles. The molecule has 0 radical (unpaired) electrons. The minimum absolute atomic E-state index is 0.0220. The third-order valence-electron chi connectivity index (χ3n) is 5.27. The van der Waals surface area contributed by atoms with E-state index in [1.165, 1.54) is 55.0 Å². The molecule has 1 spiro atoms. The number of thiazole rings is 1. The first-order chi connectivity index (χ1) is 11.2. The monoisotopic (exact) mass is 348 g/mol. The van der Waals surface area contributed by atoms with Gasteiger partial charge in [0.15, 0.2) is 5.13 Å². The predicted octanol–water partition coefficient (Wildman–Crippen LogP) is 4.10. The van der Waals surface area contributed by atoms with Gasteiger partial charge in [0.1, 0.15) is 5.69 Å². The van der Waals surface area contributed by atoms with E-state index in [-0.39, 0.29) is 5.91 Å². The Morgan fingerprint density at radius 2 is 2.17 bits per heavy atom. The Morgan fingerprint density at radius 3 is 2.83 bits per heavy atom. The molecule has 2 aromatic heterocycles. The van der Waals surface area contributed by atoms with Gasteiger partial charge in [-0.2, -0.15) is 4.37 Å². The maximum atomic E-state index is 12.6. The van der Waals surface area contributed by atoms with E-state index < -0.39 is 0 Å². The number of carbonyl (C=O) groups is 1. The summed E-state index contributed by atoms with van der Waals surface area (Å²) in [6.07, 6.45) is 9.31. The third kappa shape index (κ3) is 2.76. The third-order valence-corrected chi connectivity index (χ3v) is 6.74. The van der Waals surface area contributed by atoms with Gasteiger partial charge in [-0.25, -0.2) is 4.98 Å². The van der Waals surface area contributed by atoms with Crippen LogP contribution in [0, 0.1) is 12.3 Å². The number of nitrogens with one attached hydrogen (secondary N) is 2. The molecule has 2 aliphatic rings. The lowest BCUT2D eigenvalue weighted by atomic mass is 9.63. The van der Waals surface area contributed by atoms with E-state index in [9.17, 15) is 4.79 Å². The number of hydrogen-bond acceptors (Lipinski definition) is 6. The van der Waals surface area contributed by atoms with E-state index in [2.05, 4.69) is 20.0 Å². The van der Waals surface area contributed by atoms with Gasteiger partial charge in [0.2, 0.25) is 0 Å². The fourth-order valence-electron chi connectivity index (χ4n) is 3.88. The lowest BCUT2D eigenvalue weighted by Crippen LogP contribution is -2.54. The first-order valence-corrected chi connectivity index (χ1v) is 9.76. The number of anilines is 2. The van der Waals surface area contributed by atoms with Crippen LogP contribution < -0.4 is 10.6 Å². The van der Waals surface area contributed by atoms with E-state index >= 15 is 0 Å². The molecule has 122 valence electrons. The number of hydrogen-bond donors (Lipinski definition) is 2. The molecule has 7 heteroatoms. The molecule has 0 aromatic carbocycles. The van der Waals surface area contributed by atoms with Crippen LogP contribution in [0.4, 0.5) is 10.8 Å².